The molecule has 0 saturated carbocycles. The van der Waals surface area contributed by atoms with E-state index in [1.54, 1.807) is 20.8 Å². The molecule has 1 aromatic rings. The van der Waals surface area contributed by atoms with Gasteiger partial charge in [0, 0.05) is 38.2 Å². The fourth-order valence-corrected chi connectivity index (χ4v) is 3.57. The number of piperidine rings is 1. The van der Waals surface area contributed by atoms with Gasteiger partial charge in [-0.05, 0) is 62.6 Å². The van der Waals surface area contributed by atoms with Crippen LogP contribution in [-0.4, -0.2) is 54.6 Å². The van der Waals surface area contributed by atoms with Crippen molar-refractivity contribution >= 4 is 17.9 Å². The highest BCUT2D eigenvalue weighted by Gasteiger charge is 2.24. The zero-order chi connectivity index (χ0) is 23.9. The number of nitrogens with one attached hydrogen (secondary N) is 2. The van der Waals surface area contributed by atoms with E-state index in [1.165, 1.54) is 5.56 Å². The number of likely N-dealkylation sites (tertiary alicyclic amines) is 1. The Morgan fingerprint density at radius 1 is 0.969 bits per heavy atom. The van der Waals surface area contributed by atoms with Crippen LogP contribution in [-0.2, 0) is 14.9 Å². The molecule has 3 amide bonds. The molecule has 0 radical (unpaired) electrons. The third-order valence-corrected chi connectivity index (χ3v) is 5.51. The molecule has 1 aliphatic rings. The van der Waals surface area contributed by atoms with E-state index in [-0.39, 0.29) is 30.2 Å². The minimum atomic E-state index is -0.557. The minimum absolute atomic E-state index is 0.0656. The number of carbonyl (C=O) groups excluding carboxylic acids is 3. The van der Waals surface area contributed by atoms with Crippen molar-refractivity contribution in [1.82, 2.24) is 15.5 Å². The summed E-state index contributed by atoms with van der Waals surface area (Å²) in [6, 6.07) is 7.90. The van der Waals surface area contributed by atoms with Crippen LogP contribution in [0.25, 0.3) is 0 Å². The van der Waals surface area contributed by atoms with Gasteiger partial charge in [-0.3, -0.25) is 9.59 Å². The molecule has 0 bridgehead atoms. The summed E-state index contributed by atoms with van der Waals surface area (Å²) >= 11 is 0. The predicted octanol–water partition coefficient (Wildman–Crippen LogP) is 3.87. The molecule has 1 saturated heterocycles. The Labute approximate surface area is 192 Å². The van der Waals surface area contributed by atoms with Gasteiger partial charge in [0.1, 0.15) is 5.60 Å². The standard InChI is InChI=1S/C25H39N3O4/c1-24(2,3)20-9-7-19(8-10-20)22(30)28-15-12-18(13-16-28)17-27-21(29)11-14-26-23(31)32-25(4,5)6/h7-10,18H,11-17H2,1-6H3,(H,26,31)(H,27,29). The summed E-state index contributed by atoms with van der Waals surface area (Å²) in [6.07, 6.45) is 1.42. The lowest BCUT2D eigenvalue weighted by molar-refractivity contribution is -0.121. The van der Waals surface area contributed by atoms with Gasteiger partial charge in [-0.2, -0.15) is 0 Å². The first-order valence-corrected chi connectivity index (χ1v) is 11.5. The Bertz CT molecular complexity index is 783. The zero-order valence-electron chi connectivity index (χ0n) is 20.4. The quantitative estimate of drug-likeness (QED) is 0.696. The maximum atomic E-state index is 12.8. The lowest BCUT2D eigenvalue weighted by Gasteiger charge is -2.32. The van der Waals surface area contributed by atoms with Gasteiger partial charge in [0.15, 0.2) is 0 Å². The molecule has 1 aromatic carbocycles. The minimum Gasteiger partial charge on any atom is -0.444 e. The number of alkyl carbamates (subject to hydrolysis) is 1. The van der Waals surface area contributed by atoms with E-state index in [1.807, 2.05) is 29.2 Å². The van der Waals surface area contributed by atoms with Gasteiger partial charge < -0.3 is 20.3 Å². The summed E-state index contributed by atoms with van der Waals surface area (Å²) in [5, 5.41) is 5.52. The van der Waals surface area contributed by atoms with E-state index >= 15 is 0 Å². The molecule has 7 nitrogen and oxygen atoms in total. The number of carbonyl (C=O) groups is 3. The van der Waals surface area contributed by atoms with Gasteiger partial charge in [-0.15, -0.1) is 0 Å². The summed E-state index contributed by atoms with van der Waals surface area (Å²) in [5.74, 6) is 0.324. The molecular weight excluding hydrogens is 406 g/mol. The van der Waals surface area contributed by atoms with Gasteiger partial charge in [0.2, 0.25) is 5.91 Å². The monoisotopic (exact) mass is 445 g/mol. The molecular formula is C25H39N3O4. The second kappa shape index (κ2) is 10.8. The van der Waals surface area contributed by atoms with Crippen LogP contribution >= 0.6 is 0 Å². The second-order valence-corrected chi connectivity index (χ2v) is 10.5. The molecule has 2 rings (SSSR count). The molecule has 0 unspecified atom stereocenters. The topological polar surface area (TPSA) is 87.7 Å². The van der Waals surface area contributed by atoms with Crippen molar-refractivity contribution in [3.05, 3.63) is 35.4 Å². The molecule has 2 N–H and O–H groups in total. The van der Waals surface area contributed by atoms with Gasteiger partial charge in [0.25, 0.3) is 5.91 Å². The Hall–Kier alpha value is -2.57. The van der Waals surface area contributed by atoms with Crippen molar-refractivity contribution in [3.8, 4) is 0 Å². The maximum Gasteiger partial charge on any atom is 0.407 e. The smallest absolute Gasteiger partial charge is 0.407 e. The van der Waals surface area contributed by atoms with Gasteiger partial charge in [-0.25, -0.2) is 4.79 Å². The third-order valence-electron chi connectivity index (χ3n) is 5.51. The number of rotatable bonds is 6. The van der Waals surface area contributed by atoms with E-state index in [4.69, 9.17) is 4.74 Å². The number of amides is 3. The van der Waals surface area contributed by atoms with Crippen molar-refractivity contribution < 1.29 is 19.1 Å². The summed E-state index contributed by atoms with van der Waals surface area (Å²) in [4.78, 5) is 38.3. The van der Waals surface area contributed by atoms with Crippen LogP contribution in [0.3, 0.4) is 0 Å². The Balaban J connectivity index is 1.68. The van der Waals surface area contributed by atoms with Crippen LogP contribution in [0.4, 0.5) is 4.79 Å². The maximum absolute atomic E-state index is 12.8. The van der Waals surface area contributed by atoms with Gasteiger partial charge >= 0.3 is 6.09 Å². The van der Waals surface area contributed by atoms with Crippen molar-refractivity contribution in [3.63, 3.8) is 0 Å². The highest BCUT2D eigenvalue weighted by atomic mass is 16.6. The van der Waals surface area contributed by atoms with Crippen LogP contribution in [0.2, 0.25) is 0 Å². The van der Waals surface area contributed by atoms with Crippen molar-refractivity contribution in [2.45, 2.75) is 71.8 Å². The number of nitrogens with zero attached hydrogens (tertiary/aromatic N) is 1. The SMILES string of the molecule is CC(C)(C)OC(=O)NCCC(=O)NCC1CCN(C(=O)c2ccc(C(C)(C)C)cc2)CC1. The zero-order valence-corrected chi connectivity index (χ0v) is 20.4. The van der Waals surface area contributed by atoms with E-state index in [0.29, 0.717) is 25.6 Å². The number of ether oxygens (including phenoxy) is 1. The average molecular weight is 446 g/mol. The molecule has 0 aliphatic carbocycles. The van der Waals surface area contributed by atoms with Gasteiger partial charge in [-0.1, -0.05) is 32.9 Å². The van der Waals surface area contributed by atoms with E-state index < -0.39 is 11.7 Å². The van der Waals surface area contributed by atoms with Crippen LogP contribution in [0.5, 0.6) is 0 Å². The van der Waals surface area contributed by atoms with E-state index in [9.17, 15) is 14.4 Å². The van der Waals surface area contributed by atoms with E-state index in [0.717, 1.165) is 18.4 Å². The molecule has 1 aliphatic heterocycles. The lowest BCUT2D eigenvalue weighted by Crippen LogP contribution is -2.42. The number of benzene rings is 1. The molecule has 32 heavy (non-hydrogen) atoms. The molecule has 1 fully saturated rings. The van der Waals surface area contributed by atoms with Crippen molar-refractivity contribution in [1.29, 1.82) is 0 Å². The van der Waals surface area contributed by atoms with Gasteiger partial charge in [0.05, 0.1) is 0 Å². The van der Waals surface area contributed by atoms with Crippen LogP contribution < -0.4 is 10.6 Å². The average Bonchev–Trinajstić information content (AvgIpc) is 2.70. The predicted molar refractivity (Wildman–Crippen MR) is 126 cm³/mol. The molecule has 0 spiro atoms. The van der Waals surface area contributed by atoms with Crippen molar-refractivity contribution in [2.75, 3.05) is 26.2 Å². The highest BCUT2D eigenvalue weighted by molar-refractivity contribution is 5.94. The fourth-order valence-electron chi connectivity index (χ4n) is 3.57. The summed E-state index contributed by atoms with van der Waals surface area (Å²) in [6.45, 7) is 14.1. The fraction of sp³-hybridized carbons (Fsp3) is 0.640. The molecule has 1 heterocycles. The first kappa shape index (κ1) is 25.7. The Morgan fingerprint density at radius 2 is 1.56 bits per heavy atom. The first-order chi connectivity index (χ1) is 14.8. The van der Waals surface area contributed by atoms with Crippen LogP contribution in [0.15, 0.2) is 24.3 Å². The highest BCUT2D eigenvalue weighted by Crippen LogP contribution is 2.23. The largest absolute Gasteiger partial charge is 0.444 e. The summed E-state index contributed by atoms with van der Waals surface area (Å²) in [5.41, 5.74) is 1.45. The summed E-state index contributed by atoms with van der Waals surface area (Å²) < 4.78 is 5.14. The normalized spacial score (nSPS) is 15.2. The van der Waals surface area contributed by atoms with E-state index in [2.05, 4.69) is 31.4 Å². The number of hydrogen-bond acceptors (Lipinski definition) is 4. The van der Waals surface area contributed by atoms with Crippen LogP contribution in [0, 0.1) is 5.92 Å². The molecule has 0 aromatic heterocycles. The lowest BCUT2D eigenvalue weighted by atomic mass is 9.86. The molecule has 7 heteroatoms. The first-order valence-electron chi connectivity index (χ1n) is 11.5. The van der Waals surface area contributed by atoms with Crippen LogP contribution in [0.1, 0.15) is 76.7 Å². The third kappa shape index (κ3) is 8.52. The summed E-state index contributed by atoms with van der Waals surface area (Å²) in [7, 11) is 0. The Morgan fingerprint density at radius 3 is 2.09 bits per heavy atom. The number of hydrogen-bond donors (Lipinski definition) is 2. The van der Waals surface area contributed by atoms with Crippen molar-refractivity contribution in [2.24, 2.45) is 5.92 Å². The molecule has 0 atom stereocenters. The second-order valence-electron chi connectivity index (χ2n) is 10.5. The Kier molecular flexibility index (Phi) is 8.70. The molecule has 178 valence electrons.